The number of rotatable bonds is 8. The lowest BCUT2D eigenvalue weighted by molar-refractivity contribution is -0.384. The summed E-state index contributed by atoms with van der Waals surface area (Å²) >= 11 is 0. The van der Waals surface area contributed by atoms with Crippen LogP contribution >= 0.6 is 0 Å². The summed E-state index contributed by atoms with van der Waals surface area (Å²) in [7, 11) is 0. The van der Waals surface area contributed by atoms with Crippen molar-refractivity contribution < 1.29 is 14.5 Å². The Kier molecular flexibility index (Phi) is 6.51. The molecule has 1 aliphatic heterocycles. The van der Waals surface area contributed by atoms with E-state index in [2.05, 4.69) is 10.2 Å². The molecule has 0 spiro atoms. The number of likely N-dealkylation sites (tertiary alicyclic amines) is 1. The van der Waals surface area contributed by atoms with Crippen LogP contribution in [0.2, 0.25) is 0 Å². The van der Waals surface area contributed by atoms with Gasteiger partial charge in [0.05, 0.1) is 10.3 Å². The molecule has 164 valence electrons. The number of nitro groups is 1. The first-order chi connectivity index (χ1) is 15.1. The molecule has 2 aromatic carbocycles. The Hall–Kier alpha value is -2.93. The summed E-state index contributed by atoms with van der Waals surface area (Å²) in [5.74, 6) is 0.740. The molecular formula is C24H29N3O4. The molecule has 1 saturated heterocycles. The number of hydrogen-bond acceptors (Lipinski definition) is 5. The van der Waals surface area contributed by atoms with Crippen molar-refractivity contribution >= 4 is 17.3 Å². The number of nitrogens with one attached hydrogen (secondary N) is 1. The van der Waals surface area contributed by atoms with Crippen LogP contribution in [0.15, 0.2) is 48.5 Å². The van der Waals surface area contributed by atoms with Crippen LogP contribution in [0, 0.1) is 10.1 Å². The normalized spacial score (nSPS) is 18.1. The zero-order valence-electron chi connectivity index (χ0n) is 17.7. The van der Waals surface area contributed by atoms with Crippen molar-refractivity contribution in [3.05, 3.63) is 64.2 Å². The van der Waals surface area contributed by atoms with E-state index in [1.54, 1.807) is 12.1 Å². The van der Waals surface area contributed by atoms with Crippen LogP contribution in [0.4, 0.5) is 11.4 Å². The molecule has 0 atom stereocenters. The van der Waals surface area contributed by atoms with Gasteiger partial charge in [-0.1, -0.05) is 25.0 Å². The van der Waals surface area contributed by atoms with Crippen molar-refractivity contribution in [3.8, 4) is 5.75 Å². The molecule has 7 nitrogen and oxygen atoms in total. The quantitative estimate of drug-likeness (QED) is 0.498. The van der Waals surface area contributed by atoms with E-state index < -0.39 is 10.3 Å². The molecule has 2 aliphatic rings. The zero-order chi connectivity index (χ0) is 21.7. The van der Waals surface area contributed by atoms with E-state index in [0.717, 1.165) is 62.3 Å². The predicted octanol–water partition coefficient (Wildman–Crippen LogP) is 4.52. The summed E-state index contributed by atoms with van der Waals surface area (Å²) < 4.78 is 5.84. The van der Waals surface area contributed by atoms with E-state index in [-0.39, 0.29) is 11.6 Å². The second-order valence-corrected chi connectivity index (χ2v) is 8.47. The van der Waals surface area contributed by atoms with Crippen LogP contribution in [-0.4, -0.2) is 42.0 Å². The maximum Gasteiger partial charge on any atom is 0.269 e. The number of anilines is 1. The van der Waals surface area contributed by atoms with Gasteiger partial charge in [0.25, 0.3) is 5.69 Å². The highest BCUT2D eigenvalue weighted by Crippen LogP contribution is 2.42. The van der Waals surface area contributed by atoms with Gasteiger partial charge in [-0.15, -0.1) is 0 Å². The number of carbonyl (C=O) groups excluding carboxylic acids is 1. The second-order valence-electron chi connectivity index (χ2n) is 8.47. The van der Waals surface area contributed by atoms with Crippen molar-refractivity contribution in [2.24, 2.45) is 0 Å². The van der Waals surface area contributed by atoms with Crippen LogP contribution in [-0.2, 0) is 10.2 Å². The molecule has 7 heteroatoms. The van der Waals surface area contributed by atoms with Gasteiger partial charge in [-0.05, 0) is 68.6 Å². The molecular weight excluding hydrogens is 394 g/mol. The van der Waals surface area contributed by atoms with Crippen LogP contribution < -0.4 is 10.1 Å². The maximum atomic E-state index is 13.3. The molecule has 1 aliphatic carbocycles. The molecule has 2 fully saturated rings. The fourth-order valence-electron chi connectivity index (χ4n) is 4.71. The van der Waals surface area contributed by atoms with E-state index in [0.29, 0.717) is 6.61 Å². The Morgan fingerprint density at radius 2 is 1.65 bits per heavy atom. The minimum atomic E-state index is -0.639. The number of nitro benzene ring substituents is 1. The van der Waals surface area contributed by atoms with Gasteiger partial charge >= 0.3 is 0 Å². The fourth-order valence-corrected chi connectivity index (χ4v) is 4.71. The summed E-state index contributed by atoms with van der Waals surface area (Å²) in [4.78, 5) is 26.2. The number of benzene rings is 2. The van der Waals surface area contributed by atoms with Crippen molar-refractivity contribution in [2.45, 2.75) is 43.9 Å². The predicted molar refractivity (Wildman–Crippen MR) is 119 cm³/mol. The minimum Gasteiger partial charge on any atom is -0.492 e. The molecule has 31 heavy (non-hydrogen) atoms. The third-order valence-electron chi connectivity index (χ3n) is 6.51. The molecule has 1 N–H and O–H groups in total. The third-order valence-corrected chi connectivity index (χ3v) is 6.51. The van der Waals surface area contributed by atoms with Gasteiger partial charge in [0.15, 0.2) is 0 Å². The fraction of sp³-hybridized carbons (Fsp3) is 0.458. The van der Waals surface area contributed by atoms with Gasteiger partial charge in [0, 0.05) is 24.4 Å². The zero-order valence-corrected chi connectivity index (χ0v) is 17.7. The number of non-ortho nitro benzene ring substituents is 1. The average Bonchev–Trinajstić information content (AvgIpc) is 3.48. The van der Waals surface area contributed by atoms with E-state index in [1.165, 1.54) is 25.0 Å². The maximum absolute atomic E-state index is 13.3. The molecule has 0 aromatic heterocycles. The molecule has 0 radical (unpaired) electrons. The number of nitrogens with zero attached hydrogens (tertiary/aromatic N) is 2. The van der Waals surface area contributed by atoms with Crippen molar-refractivity contribution in [1.29, 1.82) is 0 Å². The summed E-state index contributed by atoms with van der Waals surface area (Å²) in [5.41, 5.74) is 0.970. The highest BCUT2D eigenvalue weighted by molar-refractivity contribution is 5.99. The monoisotopic (exact) mass is 423 g/mol. The van der Waals surface area contributed by atoms with Crippen LogP contribution in [0.25, 0.3) is 0 Å². The van der Waals surface area contributed by atoms with Gasteiger partial charge < -0.3 is 10.1 Å². The first kappa shape index (κ1) is 21.3. The molecule has 1 heterocycles. The minimum absolute atomic E-state index is 0.0395. The van der Waals surface area contributed by atoms with E-state index in [1.807, 2.05) is 24.3 Å². The molecule has 1 saturated carbocycles. The Bertz CT molecular complexity index is 899. The Morgan fingerprint density at radius 1 is 1.00 bits per heavy atom. The van der Waals surface area contributed by atoms with E-state index >= 15 is 0 Å². The van der Waals surface area contributed by atoms with Crippen molar-refractivity contribution in [2.75, 3.05) is 31.6 Å². The van der Waals surface area contributed by atoms with Gasteiger partial charge in [-0.3, -0.25) is 19.8 Å². The van der Waals surface area contributed by atoms with Crippen LogP contribution in [0.1, 0.15) is 44.1 Å². The lowest BCUT2D eigenvalue weighted by Gasteiger charge is -2.28. The van der Waals surface area contributed by atoms with Gasteiger partial charge in [-0.2, -0.15) is 0 Å². The summed E-state index contributed by atoms with van der Waals surface area (Å²) in [6.45, 7) is 3.92. The number of carbonyl (C=O) groups is 1. The number of ether oxygens (including phenoxy) is 1. The molecule has 4 rings (SSSR count). The van der Waals surface area contributed by atoms with Crippen molar-refractivity contribution in [3.63, 3.8) is 0 Å². The highest BCUT2D eigenvalue weighted by Gasteiger charge is 2.42. The SMILES string of the molecule is O=C(Nc1ccc(OCCN2CCCC2)cc1)C1(c2ccc([N+](=O)[O-])cc2)CCCC1. The largest absolute Gasteiger partial charge is 0.492 e. The molecule has 2 aromatic rings. The number of hydrogen-bond donors (Lipinski definition) is 1. The molecule has 0 unspecified atom stereocenters. The third kappa shape index (κ3) is 4.88. The second kappa shape index (κ2) is 9.47. The standard InChI is InChI=1S/C24H29N3O4/c28-23(24(13-1-2-14-24)19-5-9-21(10-6-19)27(29)30)25-20-7-11-22(12-8-20)31-18-17-26-15-3-4-16-26/h5-12H,1-4,13-18H2,(H,25,28). The van der Waals surface area contributed by atoms with Crippen LogP contribution in [0.5, 0.6) is 5.75 Å². The first-order valence-corrected chi connectivity index (χ1v) is 11.1. The summed E-state index contributed by atoms with van der Waals surface area (Å²) in [6, 6.07) is 13.9. The topological polar surface area (TPSA) is 84.7 Å². The summed E-state index contributed by atoms with van der Waals surface area (Å²) in [6.07, 6.45) is 5.97. The molecule has 1 amide bonds. The van der Waals surface area contributed by atoms with Gasteiger partial charge in [-0.25, -0.2) is 0 Å². The van der Waals surface area contributed by atoms with E-state index in [9.17, 15) is 14.9 Å². The lowest BCUT2D eigenvalue weighted by Crippen LogP contribution is -2.38. The average molecular weight is 424 g/mol. The molecule has 0 bridgehead atoms. The van der Waals surface area contributed by atoms with Gasteiger partial charge in [0.2, 0.25) is 5.91 Å². The van der Waals surface area contributed by atoms with Gasteiger partial charge in [0.1, 0.15) is 12.4 Å². The smallest absolute Gasteiger partial charge is 0.269 e. The Balaban J connectivity index is 1.38. The lowest BCUT2D eigenvalue weighted by atomic mass is 9.78. The number of amides is 1. The summed E-state index contributed by atoms with van der Waals surface area (Å²) in [5, 5.41) is 14.0. The highest BCUT2D eigenvalue weighted by atomic mass is 16.6. The first-order valence-electron chi connectivity index (χ1n) is 11.1. The Morgan fingerprint density at radius 3 is 2.26 bits per heavy atom. The Labute approximate surface area is 182 Å². The van der Waals surface area contributed by atoms with Crippen LogP contribution in [0.3, 0.4) is 0 Å². The van der Waals surface area contributed by atoms with Crippen molar-refractivity contribution in [1.82, 2.24) is 4.90 Å². The van der Waals surface area contributed by atoms with E-state index in [4.69, 9.17) is 4.74 Å².